The van der Waals surface area contributed by atoms with Crippen molar-refractivity contribution < 1.29 is 22.9 Å². The molecule has 0 spiro atoms. The molecule has 30 heavy (non-hydrogen) atoms. The number of aromatic nitrogens is 3. The first-order valence-electron chi connectivity index (χ1n) is 8.96. The van der Waals surface area contributed by atoms with E-state index in [0.29, 0.717) is 17.0 Å². The first kappa shape index (κ1) is 19.8. The SMILES string of the molecule is Cc1onc(-c2ccccc2)c1-c1nnc(COC(=O)Cc2c(F)cccc2Cl)o1. The van der Waals surface area contributed by atoms with Crippen LogP contribution in [0.25, 0.3) is 22.7 Å². The summed E-state index contributed by atoms with van der Waals surface area (Å²) in [6.07, 6.45) is -0.310. The van der Waals surface area contributed by atoms with E-state index in [1.54, 1.807) is 6.92 Å². The van der Waals surface area contributed by atoms with E-state index in [4.69, 9.17) is 25.3 Å². The van der Waals surface area contributed by atoms with Gasteiger partial charge in [-0.15, -0.1) is 10.2 Å². The molecule has 2 heterocycles. The predicted molar refractivity (Wildman–Crippen MR) is 105 cm³/mol. The van der Waals surface area contributed by atoms with E-state index in [1.807, 2.05) is 30.3 Å². The van der Waals surface area contributed by atoms with Crippen LogP contribution in [0.15, 0.2) is 57.5 Å². The Morgan fingerprint density at radius 2 is 1.93 bits per heavy atom. The van der Waals surface area contributed by atoms with Crippen LogP contribution in [0, 0.1) is 12.7 Å². The molecular weight excluding hydrogens is 413 g/mol. The number of carbonyl (C=O) groups excluding carboxylic acids is 1. The van der Waals surface area contributed by atoms with E-state index in [-0.39, 0.29) is 35.4 Å². The summed E-state index contributed by atoms with van der Waals surface area (Å²) in [5.74, 6) is -0.465. The molecule has 0 unspecified atom stereocenters. The Hall–Kier alpha value is -3.52. The Balaban J connectivity index is 1.47. The Morgan fingerprint density at radius 1 is 1.13 bits per heavy atom. The molecule has 4 rings (SSSR count). The molecule has 0 N–H and O–H groups in total. The minimum Gasteiger partial charge on any atom is -0.455 e. The molecule has 4 aromatic rings. The van der Waals surface area contributed by atoms with Crippen LogP contribution >= 0.6 is 11.6 Å². The number of benzene rings is 2. The molecule has 0 saturated carbocycles. The smallest absolute Gasteiger partial charge is 0.310 e. The molecule has 0 fully saturated rings. The average Bonchev–Trinajstić information content (AvgIpc) is 3.36. The lowest BCUT2D eigenvalue weighted by Crippen LogP contribution is -2.09. The van der Waals surface area contributed by atoms with Crippen molar-refractivity contribution in [2.75, 3.05) is 0 Å². The van der Waals surface area contributed by atoms with Crippen LogP contribution < -0.4 is 0 Å². The highest BCUT2D eigenvalue weighted by atomic mass is 35.5. The van der Waals surface area contributed by atoms with Crippen LogP contribution in [0.1, 0.15) is 17.2 Å². The van der Waals surface area contributed by atoms with Crippen molar-refractivity contribution in [3.8, 4) is 22.7 Å². The van der Waals surface area contributed by atoms with E-state index < -0.39 is 11.8 Å². The molecule has 2 aromatic heterocycles. The number of carbonyl (C=O) groups is 1. The molecule has 0 amide bonds. The van der Waals surface area contributed by atoms with Crippen molar-refractivity contribution in [3.63, 3.8) is 0 Å². The summed E-state index contributed by atoms with van der Waals surface area (Å²) in [5.41, 5.74) is 2.03. The molecule has 152 valence electrons. The zero-order valence-electron chi connectivity index (χ0n) is 15.8. The van der Waals surface area contributed by atoms with Crippen LogP contribution in [0.2, 0.25) is 5.02 Å². The van der Waals surface area contributed by atoms with Gasteiger partial charge < -0.3 is 13.7 Å². The molecule has 0 aliphatic heterocycles. The van der Waals surface area contributed by atoms with Crippen LogP contribution in [0.5, 0.6) is 0 Å². The second-order valence-electron chi connectivity index (χ2n) is 6.37. The molecule has 2 aromatic carbocycles. The Bertz CT molecular complexity index is 1170. The largest absolute Gasteiger partial charge is 0.455 e. The highest BCUT2D eigenvalue weighted by Gasteiger charge is 2.22. The summed E-state index contributed by atoms with van der Waals surface area (Å²) in [7, 11) is 0. The summed E-state index contributed by atoms with van der Waals surface area (Å²) < 4.78 is 29.8. The quantitative estimate of drug-likeness (QED) is 0.409. The molecule has 0 saturated heterocycles. The number of esters is 1. The number of hydrogen-bond acceptors (Lipinski definition) is 7. The van der Waals surface area contributed by atoms with Gasteiger partial charge in [0.25, 0.3) is 11.8 Å². The fourth-order valence-electron chi connectivity index (χ4n) is 2.87. The summed E-state index contributed by atoms with van der Waals surface area (Å²) in [6, 6.07) is 13.6. The maximum absolute atomic E-state index is 13.8. The minimum absolute atomic E-state index is 0.0722. The summed E-state index contributed by atoms with van der Waals surface area (Å²) >= 11 is 5.93. The van der Waals surface area contributed by atoms with Gasteiger partial charge in [0.05, 0.1) is 6.42 Å². The van der Waals surface area contributed by atoms with Crippen molar-refractivity contribution >= 4 is 17.6 Å². The zero-order chi connectivity index (χ0) is 21.1. The van der Waals surface area contributed by atoms with Gasteiger partial charge in [0.2, 0.25) is 0 Å². The van der Waals surface area contributed by atoms with Crippen molar-refractivity contribution in [2.45, 2.75) is 20.0 Å². The van der Waals surface area contributed by atoms with Gasteiger partial charge in [-0.1, -0.05) is 53.2 Å². The van der Waals surface area contributed by atoms with Gasteiger partial charge in [-0.25, -0.2) is 4.39 Å². The molecule has 9 heteroatoms. The van der Waals surface area contributed by atoms with Crippen LogP contribution in [0.3, 0.4) is 0 Å². The lowest BCUT2D eigenvalue weighted by atomic mass is 10.1. The van der Waals surface area contributed by atoms with E-state index in [1.165, 1.54) is 18.2 Å². The number of ether oxygens (including phenoxy) is 1. The Kier molecular flexibility index (Phi) is 5.58. The van der Waals surface area contributed by atoms with E-state index in [9.17, 15) is 9.18 Å². The lowest BCUT2D eigenvalue weighted by Gasteiger charge is -2.05. The number of aryl methyl sites for hydroxylation is 1. The molecule has 0 aliphatic carbocycles. The van der Waals surface area contributed by atoms with Crippen LogP contribution in [-0.4, -0.2) is 21.3 Å². The number of rotatable bonds is 6. The minimum atomic E-state index is -0.673. The Labute approximate surface area is 175 Å². The van der Waals surface area contributed by atoms with Gasteiger partial charge in [-0.3, -0.25) is 4.79 Å². The van der Waals surface area contributed by atoms with Crippen LogP contribution in [0.4, 0.5) is 4.39 Å². The van der Waals surface area contributed by atoms with Gasteiger partial charge in [-0.2, -0.15) is 0 Å². The third-order valence-electron chi connectivity index (χ3n) is 4.33. The topological polar surface area (TPSA) is 91.3 Å². The van der Waals surface area contributed by atoms with E-state index in [0.717, 1.165) is 5.56 Å². The van der Waals surface area contributed by atoms with Gasteiger partial charge in [0.15, 0.2) is 6.61 Å². The predicted octanol–water partition coefficient (Wildman–Crippen LogP) is 4.78. The first-order chi connectivity index (χ1) is 14.5. The highest BCUT2D eigenvalue weighted by Crippen LogP contribution is 2.33. The third kappa shape index (κ3) is 4.08. The lowest BCUT2D eigenvalue weighted by molar-refractivity contribution is -0.144. The monoisotopic (exact) mass is 427 g/mol. The number of halogens is 2. The standard InChI is InChI=1S/C21H15ClFN3O4/c1-12-19(20(26-30-12)13-6-3-2-4-7-13)21-25-24-17(29-21)11-28-18(27)10-14-15(22)8-5-9-16(14)23/h2-9H,10-11H2,1H3. The molecule has 0 atom stereocenters. The average molecular weight is 428 g/mol. The molecule has 0 radical (unpaired) electrons. The maximum Gasteiger partial charge on any atom is 0.310 e. The zero-order valence-corrected chi connectivity index (χ0v) is 16.5. The van der Waals surface area contributed by atoms with E-state index >= 15 is 0 Å². The maximum atomic E-state index is 13.8. The first-order valence-corrected chi connectivity index (χ1v) is 9.33. The van der Waals surface area contributed by atoms with Crippen molar-refractivity contribution in [3.05, 3.63) is 76.6 Å². The second-order valence-corrected chi connectivity index (χ2v) is 6.77. The summed E-state index contributed by atoms with van der Waals surface area (Å²) in [6.45, 7) is 1.47. The van der Waals surface area contributed by atoms with Crippen molar-refractivity contribution in [2.24, 2.45) is 0 Å². The van der Waals surface area contributed by atoms with Crippen molar-refractivity contribution in [1.82, 2.24) is 15.4 Å². The summed E-state index contributed by atoms with van der Waals surface area (Å²) in [5, 5.41) is 12.1. The number of nitrogens with zero attached hydrogens (tertiary/aromatic N) is 3. The molecule has 0 bridgehead atoms. The molecule has 7 nitrogen and oxygen atoms in total. The number of hydrogen-bond donors (Lipinski definition) is 0. The van der Waals surface area contributed by atoms with E-state index in [2.05, 4.69) is 15.4 Å². The van der Waals surface area contributed by atoms with Gasteiger partial charge in [0, 0.05) is 16.1 Å². The van der Waals surface area contributed by atoms with Gasteiger partial charge in [-0.05, 0) is 19.1 Å². The van der Waals surface area contributed by atoms with Gasteiger partial charge >= 0.3 is 5.97 Å². The molecule has 0 aliphatic rings. The summed E-state index contributed by atoms with van der Waals surface area (Å²) in [4.78, 5) is 12.1. The van der Waals surface area contributed by atoms with Gasteiger partial charge in [0.1, 0.15) is 22.8 Å². The normalized spacial score (nSPS) is 10.9. The third-order valence-corrected chi connectivity index (χ3v) is 4.68. The molecular formula is C21H15ClFN3O4. The fourth-order valence-corrected chi connectivity index (χ4v) is 3.10. The van der Waals surface area contributed by atoms with Crippen LogP contribution in [-0.2, 0) is 22.6 Å². The Morgan fingerprint density at radius 3 is 2.70 bits per heavy atom. The highest BCUT2D eigenvalue weighted by molar-refractivity contribution is 6.31. The van der Waals surface area contributed by atoms with Crippen molar-refractivity contribution in [1.29, 1.82) is 0 Å². The fraction of sp³-hybridized carbons (Fsp3) is 0.143. The second kappa shape index (κ2) is 8.46.